The van der Waals surface area contributed by atoms with Gasteiger partial charge in [-0.3, -0.25) is 0 Å². The van der Waals surface area contributed by atoms with Gasteiger partial charge >= 0.3 is 6.18 Å². The molecule has 0 bridgehead atoms. The number of piperidine rings is 1. The topological polar surface area (TPSA) is 24.1 Å². The molecule has 0 aliphatic carbocycles. The van der Waals surface area contributed by atoms with Crippen molar-refractivity contribution in [3.05, 3.63) is 23.9 Å². The van der Waals surface area contributed by atoms with Crippen LogP contribution in [0.15, 0.2) is 23.9 Å². The van der Waals surface area contributed by atoms with Gasteiger partial charge in [0.1, 0.15) is 6.04 Å². The first-order chi connectivity index (χ1) is 7.57. The number of dihydropyridines is 1. The van der Waals surface area contributed by atoms with E-state index in [1.807, 2.05) is 0 Å². The second-order valence-corrected chi connectivity index (χ2v) is 4.19. The van der Waals surface area contributed by atoms with Crippen LogP contribution in [0.1, 0.15) is 12.8 Å². The molecule has 90 valence electrons. The smallest absolute Gasteiger partial charge is 0.374 e. The Hall–Kier alpha value is -0.970. The summed E-state index contributed by atoms with van der Waals surface area (Å²) in [6, 6.07) is -1.53. The fraction of sp³-hybridized carbons (Fsp3) is 0.636. The van der Waals surface area contributed by atoms with Crippen molar-refractivity contribution in [2.45, 2.75) is 25.1 Å². The molecule has 2 N–H and O–H groups in total. The van der Waals surface area contributed by atoms with Crippen molar-refractivity contribution in [2.75, 3.05) is 13.1 Å². The van der Waals surface area contributed by atoms with Gasteiger partial charge in [0.05, 0.1) is 0 Å². The highest BCUT2D eigenvalue weighted by Gasteiger charge is 2.39. The predicted molar refractivity (Wildman–Crippen MR) is 55.8 cm³/mol. The maximum Gasteiger partial charge on any atom is 0.412 e. The molecule has 1 saturated heterocycles. The highest BCUT2D eigenvalue weighted by Crippen LogP contribution is 2.28. The van der Waals surface area contributed by atoms with E-state index in [1.165, 1.54) is 6.08 Å². The Balaban J connectivity index is 2.01. The van der Waals surface area contributed by atoms with Crippen molar-refractivity contribution in [3.63, 3.8) is 0 Å². The van der Waals surface area contributed by atoms with E-state index >= 15 is 0 Å². The van der Waals surface area contributed by atoms with Gasteiger partial charge in [-0.2, -0.15) is 13.2 Å². The van der Waals surface area contributed by atoms with E-state index in [-0.39, 0.29) is 5.92 Å². The van der Waals surface area contributed by atoms with Crippen LogP contribution in [0, 0.1) is 5.92 Å². The number of halogens is 3. The molecule has 1 fully saturated rings. The molecule has 1 atom stereocenters. The fourth-order valence-electron chi connectivity index (χ4n) is 2.12. The van der Waals surface area contributed by atoms with E-state index in [9.17, 15) is 13.2 Å². The molecule has 2 heterocycles. The summed E-state index contributed by atoms with van der Waals surface area (Å²) in [5.41, 5.74) is 0.728. The lowest BCUT2D eigenvalue weighted by molar-refractivity contribution is -0.143. The van der Waals surface area contributed by atoms with E-state index in [4.69, 9.17) is 0 Å². The van der Waals surface area contributed by atoms with Crippen molar-refractivity contribution < 1.29 is 13.2 Å². The average molecular weight is 232 g/mol. The molecule has 2 aliphatic rings. The molecule has 0 aromatic carbocycles. The molecule has 0 saturated carbocycles. The van der Waals surface area contributed by atoms with Gasteiger partial charge in [0, 0.05) is 11.6 Å². The highest BCUT2D eigenvalue weighted by molar-refractivity contribution is 5.23. The van der Waals surface area contributed by atoms with Gasteiger partial charge < -0.3 is 10.6 Å². The summed E-state index contributed by atoms with van der Waals surface area (Å²) in [4.78, 5) is 0. The maximum atomic E-state index is 12.5. The molecule has 0 radical (unpaired) electrons. The van der Waals surface area contributed by atoms with Gasteiger partial charge in [-0.25, -0.2) is 0 Å². The third-order valence-corrected chi connectivity index (χ3v) is 3.03. The molecule has 2 rings (SSSR count). The van der Waals surface area contributed by atoms with E-state index < -0.39 is 12.2 Å². The Kier molecular flexibility index (Phi) is 3.23. The van der Waals surface area contributed by atoms with E-state index in [0.717, 1.165) is 37.7 Å². The second-order valence-electron chi connectivity index (χ2n) is 4.19. The average Bonchev–Trinajstić information content (AvgIpc) is 2.29. The molecule has 2 nitrogen and oxygen atoms in total. The Morgan fingerprint density at radius 2 is 1.88 bits per heavy atom. The molecular weight excluding hydrogens is 217 g/mol. The third-order valence-electron chi connectivity index (χ3n) is 3.03. The standard InChI is InChI=1S/C11H15F3N2/c12-11(13,14)10-3-1-2-9(16-10)8-4-6-15-7-5-8/h1-3,8,10,15-16H,4-7H2. The van der Waals surface area contributed by atoms with Crippen molar-refractivity contribution in [1.29, 1.82) is 0 Å². The normalized spacial score (nSPS) is 27.4. The highest BCUT2D eigenvalue weighted by atomic mass is 19.4. The Morgan fingerprint density at radius 3 is 2.50 bits per heavy atom. The lowest BCUT2D eigenvalue weighted by Crippen LogP contribution is -2.44. The molecule has 16 heavy (non-hydrogen) atoms. The van der Waals surface area contributed by atoms with Gasteiger partial charge in [0.25, 0.3) is 0 Å². The SMILES string of the molecule is FC(F)(F)C1C=CC=C(C2CCNCC2)N1. The summed E-state index contributed by atoms with van der Waals surface area (Å²) in [7, 11) is 0. The first kappa shape index (κ1) is 11.5. The first-order valence-corrected chi connectivity index (χ1v) is 5.50. The summed E-state index contributed by atoms with van der Waals surface area (Å²) in [5.74, 6) is 0.232. The zero-order valence-electron chi connectivity index (χ0n) is 8.85. The van der Waals surface area contributed by atoms with E-state index in [1.54, 1.807) is 6.08 Å². The van der Waals surface area contributed by atoms with Crippen LogP contribution in [0.4, 0.5) is 13.2 Å². The molecule has 0 aromatic heterocycles. The van der Waals surface area contributed by atoms with Crippen LogP contribution in [0.25, 0.3) is 0 Å². The van der Waals surface area contributed by atoms with Crippen molar-refractivity contribution in [3.8, 4) is 0 Å². The van der Waals surface area contributed by atoms with Crippen molar-refractivity contribution in [2.24, 2.45) is 5.92 Å². The minimum absolute atomic E-state index is 0.232. The van der Waals surface area contributed by atoms with E-state index in [2.05, 4.69) is 10.6 Å². The Morgan fingerprint density at radius 1 is 1.19 bits per heavy atom. The maximum absolute atomic E-state index is 12.5. The monoisotopic (exact) mass is 232 g/mol. The minimum Gasteiger partial charge on any atom is -0.374 e. The zero-order chi connectivity index (χ0) is 11.6. The minimum atomic E-state index is -4.21. The molecule has 2 aliphatic heterocycles. The van der Waals surface area contributed by atoms with Crippen LogP contribution < -0.4 is 10.6 Å². The number of allylic oxidation sites excluding steroid dienone is 3. The van der Waals surface area contributed by atoms with Crippen LogP contribution in [-0.4, -0.2) is 25.3 Å². The van der Waals surface area contributed by atoms with Gasteiger partial charge in [-0.15, -0.1) is 0 Å². The Bertz CT molecular complexity index is 301. The van der Waals surface area contributed by atoms with Gasteiger partial charge in [0.15, 0.2) is 0 Å². The number of rotatable bonds is 1. The number of hydrogen-bond acceptors (Lipinski definition) is 2. The van der Waals surface area contributed by atoms with E-state index in [0.29, 0.717) is 0 Å². The summed E-state index contributed by atoms with van der Waals surface area (Å²) in [6.07, 6.45) is 2.02. The summed E-state index contributed by atoms with van der Waals surface area (Å²) in [6.45, 7) is 1.76. The molecular formula is C11H15F3N2. The molecule has 0 amide bonds. The fourth-order valence-corrected chi connectivity index (χ4v) is 2.12. The lowest BCUT2D eigenvalue weighted by Gasteiger charge is -2.31. The lowest BCUT2D eigenvalue weighted by atomic mass is 9.92. The molecule has 0 aromatic rings. The summed E-state index contributed by atoms with van der Waals surface area (Å²) < 4.78 is 37.6. The zero-order valence-corrected chi connectivity index (χ0v) is 8.85. The molecule has 5 heteroatoms. The largest absolute Gasteiger partial charge is 0.412 e. The third kappa shape index (κ3) is 2.58. The number of alkyl halides is 3. The number of nitrogens with one attached hydrogen (secondary N) is 2. The Labute approximate surface area is 92.6 Å². The molecule has 0 spiro atoms. The number of hydrogen-bond donors (Lipinski definition) is 2. The first-order valence-electron chi connectivity index (χ1n) is 5.50. The van der Waals surface area contributed by atoms with Crippen LogP contribution >= 0.6 is 0 Å². The summed E-state index contributed by atoms with van der Waals surface area (Å²) in [5, 5.41) is 5.78. The summed E-state index contributed by atoms with van der Waals surface area (Å²) >= 11 is 0. The van der Waals surface area contributed by atoms with Crippen molar-refractivity contribution in [1.82, 2.24) is 10.6 Å². The van der Waals surface area contributed by atoms with Crippen LogP contribution in [-0.2, 0) is 0 Å². The van der Waals surface area contributed by atoms with Gasteiger partial charge in [-0.05, 0) is 32.0 Å². The van der Waals surface area contributed by atoms with Gasteiger partial charge in [-0.1, -0.05) is 12.2 Å². The quantitative estimate of drug-likeness (QED) is 0.722. The van der Waals surface area contributed by atoms with Gasteiger partial charge in [0.2, 0.25) is 0 Å². The van der Waals surface area contributed by atoms with Crippen molar-refractivity contribution >= 4 is 0 Å². The molecule has 1 unspecified atom stereocenters. The predicted octanol–water partition coefficient (Wildman–Crippen LogP) is 1.96. The van der Waals surface area contributed by atoms with Crippen LogP contribution in [0.2, 0.25) is 0 Å². The van der Waals surface area contributed by atoms with Crippen LogP contribution in [0.3, 0.4) is 0 Å². The van der Waals surface area contributed by atoms with Crippen LogP contribution in [0.5, 0.6) is 0 Å². The second kappa shape index (κ2) is 4.49.